The van der Waals surface area contributed by atoms with Gasteiger partial charge < -0.3 is 20.4 Å². The normalized spacial score (nSPS) is 17.2. The van der Waals surface area contributed by atoms with Gasteiger partial charge in [0.2, 0.25) is 11.8 Å². The summed E-state index contributed by atoms with van der Waals surface area (Å²) in [5, 5.41) is 6.69. The average molecular weight is 521 g/mol. The highest BCUT2D eigenvalue weighted by Gasteiger charge is 2.24. The number of hydrogen-bond donors (Lipinski definition) is 2. The van der Waals surface area contributed by atoms with E-state index in [1.54, 1.807) is 0 Å². The number of unbranched alkanes of at least 4 members (excludes halogenated alkanes) is 2. The van der Waals surface area contributed by atoms with E-state index >= 15 is 0 Å². The molecule has 2 rings (SSSR count). The van der Waals surface area contributed by atoms with Crippen molar-refractivity contribution in [3.8, 4) is 0 Å². The zero-order valence-corrected chi connectivity index (χ0v) is 20.7. The summed E-state index contributed by atoms with van der Waals surface area (Å²) in [4.78, 5) is 32.9. The maximum absolute atomic E-state index is 12.4. The average Bonchev–Trinajstić information content (AvgIpc) is 3.48. The second kappa shape index (κ2) is 14.0. The van der Waals surface area contributed by atoms with Crippen LogP contribution < -0.4 is 10.6 Å². The van der Waals surface area contributed by atoms with Crippen LogP contribution in [0.3, 0.4) is 0 Å². The summed E-state index contributed by atoms with van der Waals surface area (Å²) in [6.07, 6.45) is 6.62. The van der Waals surface area contributed by atoms with Gasteiger partial charge in [-0.15, -0.1) is 24.0 Å². The number of guanidine groups is 1. The van der Waals surface area contributed by atoms with E-state index < -0.39 is 0 Å². The quantitative estimate of drug-likeness (QED) is 0.201. The number of aliphatic imine (C=N–C) groups is 1. The van der Waals surface area contributed by atoms with Crippen LogP contribution in [0.15, 0.2) is 4.99 Å². The Hall–Kier alpha value is -1.06. The predicted octanol–water partition coefficient (Wildman–Crippen LogP) is 2.60. The summed E-state index contributed by atoms with van der Waals surface area (Å²) in [6, 6.07) is 0.608. The van der Waals surface area contributed by atoms with E-state index in [4.69, 9.17) is 0 Å². The van der Waals surface area contributed by atoms with E-state index in [1.165, 1.54) is 12.8 Å². The highest BCUT2D eigenvalue weighted by atomic mass is 127. The lowest BCUT2D eigenvalue weighted by molar-refractivity contribution is -0.140. The topological polar surface area (TPSA) is 77.0 Å². The molecule has 1 saturated carbocycles. The van der Waals surface area contributed by atoms with Crippen LogP contribution >= 0.6 is 24.0 Å². The Kier molecular flexibility index (Phi) is 12.6. The molecule has 2 N–H and O–H groups in total. The number of rotatable bonds is 10. The van der Waals surface area contributed by atoms with Crippen LogP contribution in [-0.2, 0) is 9.59 Å². The van der Waals surface area contributed by atoms with E-state index in [-0.39, 0.29) is 35.8 Å². The number of piperazine rings is 1. The SMILES string of the molecule is CCNC(=NCCCCCC(=O)N1CCN(C(=O)CC(C)C)CC1)NC1CC1.I. The van der Waals surface area contributed by atoms with Gasteiger partial charge in [-0.05, 0) is 38.5 Å². The van der Waals surface area contributed by atoms with Crippen LogP contribution in [0.2, 0.25) is 0 Å². The standard InChI is InChI=1S/C21H39N5O2.HI/c1-4-22-21(24-18-9-10-18)23-11-7-5-6-8-19(27)25-12-14-26(15-13-25)20(28)16-17(2)3;/h17-18H,4-16H2,1-3H3,(H2,22,23,24);1H. The Morgan fingerprint density at radius 1 is 1.00 bits per heavy atom. The van der Waals surface area contributed by atoms with Crippen molar-refractivity contribution in [1.82, 2.24) is 20.4 Å². The summed E-state index contributed by atoms with van der Waals surface area (Å²) in [5.74, 6) is 1.75. The molecule has 0 aromatic rings. The van der Waals surface area contributed by atoms with Crippen LogP contribution in [0.5, 0.6) is 0 Å². The molecular weight excluding hydrogens is 481 g/mol. The third-order valence-electron chi connectivity index (χ3n) is 5.15. The highest BCUT2D eigenvalue weighted by Crippen LogP contribution is 2.18. The van der Waals surface area contributed by atoms with Crippen LogP contribution in [-0.4, -0.2) is 72.9 Å². The van der Waals surface area contributed by atoms with Crippen LogP contribution in [0, 0.1) is 5.92 Å². The van der Waals surface area contributed by atoms with Gasteiger partial charge in [0.15, 0.2) is 5.96 Å². The summed E-state index contributed by atoms with van der Waals surface area (Å²) >= 11 is 0. The van der Waals surface area contributed by atoms with Crippen molar-refractivity contribution in [1.29, 1.82) is 0 Å². The Balaban J connectivity index is 0.00000420. The first-order chi connectivity index (χ1) is 13.5. The third kappa shape index (κ3) is 10.5. The molecule has 2 amide bonds. The molecule has 0 aromatic carbocycles. The van der Waals surface area contributed by atoms with E-state index in [9.17, 15) is 9.59 Å². The number of nitrogens with one attached hydrogen (secondary N) is 2. The summed E-state index contributed by atoms with van der Waals surface area (Å²) < 4.78 is 0. The summed E-state index contributed by atoms with van der Waals surface area (Å²) in [7, 11) is 0. The lowest BCUT2D eigenvalue weighted by Crippen LogP contribution is -2.50. The molecule has 8 heteroatoms. The molecule has 2 fully saturated rings. The van der Waals surface area contributed by atoms with Crippen molar-refractivity contribution in [2.45, 2.75) is 71.8 Å². The zero-order chi connectivity index (χ0) is 20.4. The molecule has 1 aliphatic carbocycles. The van der Waals surface area contributed by atoms with Gasteiger partial charge in [0, 0.05) is 58.2 Å². The van der Waals surface area contributed by atoms with E-state index in [1.807, 2.05) is 9.80 Å². The summed E-state index contributed by atoms with van der Waals surface area (Å²) in [5.41, 5.74) is 0. The van der Waals surface area contributed by atoms with Gasteiger partial charge in [0.25, 0.3) is 0 Å². The largest absolute Gasteiger partial charge is 0.357 e. The number of carbonyl (C=O) groups excluding carboxylic acids is 2. The lowest BCUT2D eigenvalue weighted by Gasteiger charge is -2.35. The van der Waals surface area contributed by atoms with E-state index in [0.717, 1.165) is 38.3 Å². The van der Waals surface area contributed by atoms with Crippen LogP contribution in [0.1, 0.15) is 65.7 Å². The molecule has 29 heavy (non-hydrogen) atoms. The molecule has 0 radical (unpaired) electrons. The van der Waals surface area contributed by atoms with Gasteiger partial charge in [-0.1, -0.05) is 20.3 Å². The zero-order valence-electron chi connectivity index (χ0n) is 18.4. The Morgan fingerprint density at radius 3 is 2.17 bits per heavy atom. The van der Waals surface area contributed by atoms with Crippen molar-refractivity contribution in [2.75, 3.05) is 39.3 Å². The van der Waals surface area contributed by atoms with Crippen molar-refractivity contribution in [2.24, 2.45) is 10.9 Å². The van der Waals surface area contributed by atoms with E-state index in [0.29, 0.717) is 51.0 Å². The molecular formula is C21H40IN5O2. The minimum atomic E-state index is 0. The first-order valence-electron chi connectivity index (χ1n) is 11.1. The minimum absolute atomic E-state index is 0. The van der Waals surface area contributed by atoms with Crippen LogP contribution in [0.4, 0.5) is 0 Å². The highest BCUT2D eigenvalue weighted by molar-refractivity contribution is 14.0. The number of hydrogen-bond acceptors (Lipinski definition) is 3. The van der Waals surface area contributed by atoms with E-state index in [2.05, 4.69) is 36.4 Å². The van der Waals surface area contributed by atoms with Gasteiger partial charge in [-0.2, -0.15) is 0 Å². The maximum Gasteiger partial charge on any atom is 0.222 e. The van der Waals surface area contributed by atoms with Gasteiger partial charge in [0.05, 0.1) is 0 Å². The first-order valence-corrected chi connectivity index (χ1v) is 11.1. The lowest BCUT2D eigenvalue weighted by atomic mass is 10.1. The van der Waals surface area contributed by atoms with Crippen molar-refractivity contribution in [3.05, 3.63) is 0 Å². The van der Waals surface area contributed by atoms with Gasteiger partial charge in [0.1, 0.15) is 0 Å². The molecule has 0 atom stereocenters. The molecule has 0 aromatic heterocycles. The Bertz CT molecular complexity index is 529. The second-order valence-electron chi connectivity index (χ2n) is 8.35. The number of carbonyl (C=O) groups is 2. The molecule has 0 unspecified atom stereocenters. The number of amides is 2. The van der Waals surface area contributed by atoms with Crippen molar-refractivity contribution in [3.63, 3.8) is 0 Å². The smallest absolute Gasteiger partial charge is 0.222 e. The Labute approximate surface area is 193 Å². The molecule has 0 bridgehead atoms. The second-order valence-corrected chi connectivity index (χ2v) is 8.35. The fourth-order valence-electron chi connectivity index (χ4n) is 3.34. The molecule has 1 saturated heterocycles. The molecule has 168 valence electrons. The Morgan fingerprint density at radius 2 is 1.62 bits per heavy atom. The molecule has 0 spiro atoms. The van der Waals surface area contributed by atoms with Gasteiger partial charge in [-0.25, -0.2) is 0 Å². The third-order valence-corrected chi connectivity index (χ3v) is 5.15. The minimum Gasteiger partial charge on any atom is -0.357 e. The van der Waals surface area contributed by atoms with Crippen molar-refractivity contribution >= 4 is 41.8 Å². The molecule has 2 aliphatic rings. The molecule has 1 aliphatic heterocycles. The fraction of sp³-hybridized carbons (Fsp3) is 0.857. The van der Waals surface area contributed by atoms with Crippen LogP contribution in [0.25, 0.3) is 0 Å². The van der Waals surface area contributed by atoms with Gasteiger partial charge in [-0.3, -0.25) is 14.6 Å². The number of nitrogens with zero attached hydrogens (tertiary/aromatic N) is 3. The molecule has 1 heterocycles. The monoisotopic (exact) mass is 521 g/mol. The van der Waals surface area contributed by atoms with Gasteiger partial charge >= 0.3 is 0 Å². The first kappa shape index (κ1) is 26.0. The number of halogens is 1. The van der Waals surface area contributed by atoms with Crippen molar-refractivity contribution < 1.29 is 9.59 Å². The predicted molar refractivity (Wildman–Crippen MR) is 129 cm³/mol. The maximum atomic E-state index is 12.4. The summed E-state index contributed by atoms with van der Waals surface area (Å²) in [6.45, 7) is 10.6. The fourth-order valence-corrected chi connectivity index (χ4v) is 3.34. The molecule has 7 nitrogen and oxygen atoms in total.